The molecule has 8 nitrogen and oxygen atoms in total. The third kappa shape index (κ3) is 5.05. The number of hydrogen-bond donors (Lipinski definition) is 3. The molecule has 1 saturated carbocycles. The van der Waals surface area contributed by atoms with Gasteiger partial charge in [-0.25, -0.2) is 4.98 Å². The molecule has 0 radical (unpaired) electrons. The maximum atomic E-state index is 13.0. The maximum absolute atomic E-state index is 13.0. The Hall–Kier alpha value is -3.05. The van der Waals surface area contributed by atoms with Crippen LogP contribution >= 0.6 is 0 Å². The van der Waals surface area contributed by atoms with E-state index in [1.165, 1.54) is 0 Å². The van der Waals surface area contributed by atoms with Gasteiger partial charge < -0.3 is 15.5 Å². The van der Waals surface area contributed by atoms with E-state index in [-0.39, 0.29) is 18.3 Å². The molecule has 1 aliphatic carbocycles. The molecule has 0 saturated heterocycles. The zero-order valence-electron chi connectivity index (χ0n) is 18.8. The Morgan fingerprint density at radius 3 is 2.50 bits per heavy atom. The van der Waals surface area contributed by atoms with Crippen LogP contribution in [0.25, 0.3) is 10.9 Å². The zero-order valence-corrected chi connectivity index (χ0v) is 18.8. The van der Waals surface area contributed by atoms with E-state index in [4.69, 9.17) is 0 Å². The van der Waals surface area contributed by atoms with Gasteiger partial charge >= 0.3 is 6.18 Å². The summed E-state index contributed by atoms with van der Waals surface area (Å²) in [6.45, 7) is 3.27. The van der Waals surface area contributed by atoms with Crippen molar-refractivity contribution in [2.75, 3.05) is 11.9 Å². The molecule has 0 unspecified atom stereocenters. The molecule has 1 amide bonds. The standard InChI is InChI=1S/C23H26F3N5O3/c1-22(2,34)16-8-17-14(11-31(30-17)15-5-3-13(12-32)4-6-15)7-18(16)29-21(33)19-9-27-10-20(28-19)23(24,25)26/h7-11,13,15,32,34H,3-6,12H2,1-2H3,(H,29,33). The summed E-state index contributed by atoms with van der Waals surface area (Å²) in [5, 5.41) is 28.0. The molecule has 0 atom stereocenters. The zero-order chi connectivity index (χ0) is 24.7. The summed E-state index contributed by atoms with van der Waals surface area (Å²) in [5.41, 5.74) is -1.89. The van der Waals surface area contributed by atoms with Crippen LogP contribution in [0.5, 0.6) is 0 Å². The first-order valence-corrected chi connectivity index (χ1v) is 11.0. The highest BCUT2D eigenvalue weighted by Crippen LogP contribution is 2.35. The van der Waals surface area contributed by atoms with Gasteiger partial charge in [-0.3, -0.25) is 14.5 Å². The molecule has 2 heterocycles. The van der Waals surface area contributed by atoms with Crippen molar-refractivity contribution >= 4 is 22.5 Å². The average molecular weight is 477 g/mol. The van der Waals surface area contributed by atoms with Crippen LogP contribution in [0.1, 0.15) is 67.3 Å². The van der Waals surface area contributed by atoms with Gasteiger partial charge in [0, 0.05) is 29.4 Å². The summed E-state index contributed by atoms with van der Waals surface area (Å²) in [6.07, 6.45) is 2.21. The lowest BCUT2D eigenvalue weighted by Gasteiger charge is -2.27. The van der Waals surface area contributed by atoms with E-state index in [1.54, 1.807) is 26.0 Å². The summed E-state index contributed by atoms with van der Waals surface area (Å²) in [7, 11) is 0. The van der Waals surface area contributed by atoms with Crippen LogP contribution in [0.3, 0.4) is 0 Å². The van der Waals surface area contributed by atoms with Gasteiger partial charge in [0.25, 0.3) is 5.91 Å². The molecule has 3 aromatic rings. The van der Waals surface area contributed by atoms with Crippen LogP contribution in [-0.4, -0.2) is 42.5 Å². The Bertz CT molecular complexity index is 1190. The van der Waals surface area contributed by atoms with Crippen molar-refractivity contribution in [3.8, 4) is 0 Å². The van der Waals surface area contributed by atoms with Crippen LogP contribution in [0, 0.1) is 5.92 Å². The minimum atomic E-state index is -4.73. The third-order valence-corrected chi connectivity index (χ3v) is 6.17. The quantitative estimate of drug-likeness (QED) is 0.511. The number of hydrogen-bond acceptors (Lipinski definition) is 6. The fourth-order valence-corrected chi connectivity index (χ4v) is 4.28. The van der Waals surface area contributed by atoms with Crippen LogP contribution in [0.2, 0.25) is 0 Å². The second-order valence-corrected chi connectivity index (χ2v) is 9.22. The van der Waals surface area contributed by atoms with Gasteiger partial charge in [0.2, 0.25) is 0 Å². The number of carbonyl (C=O) groups excluding carboxylic acids is 1. The predicted octanol–water partition coefficient (Wildman–Crippen LogP) is 4.05. The lowest BCUT2D eigenvalue weighted by Crippen LogP contribution is -2.22. The number of amides is 1. The molecule has 1 aromatic carbocycles. The molecule has 11 heteroatoms. The number of carbonyl (C=O) groups is 1. The number of nitrogens with zero attached hydrogens (tertiary/aromatic N) is 4. The van der Waals surface area contributed by atoms with Crippen molar-refractivity contribution in [2.45, 2.75) is 57.3 Å². The number of aromatic nitrogens is 4. The molecule has 3 N–H and O–H groups in total. The molecule has 2 aromatic heterocycles. The second kappa shape index (κ2) is 8.95. The van der Waals surface area contributed by atoms with E-state index in [0.717, 1.165) is 31.9 Å². The molecule has 182 valence electrons. The Balaban J connectivity index is 1.66. The van der Waals surface area contributed by atoms with Crippen molar-refractivity contribution in [1.29, 1.82) is 0 Å². The Morgan fingerprint density at radius 1 is 1.18 bits per heavy atom. The topological polar surface area (TPSA) is 113 Å². The Kier molecular flexibility index (Phi) is 6.34. The Labute approximate surface area is 193 Å². The molecule has 0 bridgehead atoms. The first kappa shape index (κ1) is 24.1. The number of fused-ring (bicyclic) bond motifs is 1. The van der Waals surface area contributed by atoms with Gasteiger partial charge in [0.1, 0.15) is 5.69 Å². The van der Waals surface area contributed by atoms with E-state index < -0.39 is 29.1 Å². The first-order chi connectivity index (χ1) is 16.0. The molecule has 34 heavy (non-hydrogen) atoms. The van der Waals surface area contributed by atoms with Crippen molar-refractivity contribution in [2.24, 2.45) is 5.92 Å². The van der Waals surface area contributed by atoms with Crippen LogP contribution in [0.15, 0.2) is 30.7 Å². The highest BCUT2D eigenvalue weighted by molar-refractivity contribution is 6.04. The predicted molar refractivity (Wildman–Crippen MR) is 118 cm³/mol. The fraction of sp³-hybridized carbons (Fsp3) is 0.478. The number of aliphatic hydroxyl groups excluding tert-OH is 1. The summed E-state index contributed by atoms with van der Waals surface area (Å²) in [6, 6.07) is 3.49. The van der Waals surface area contributed by atoms with Crippen molar-refractivity contribution in [1.82, 2.24) is 19.7 Å². The van der Waals surface area contributed by atoms with Gasteiger partial charge in [0.15, 0.2) is 5.69 Å². The fourth-order valence-electron chi connectivity index (χ4n) is 4.28. The monoisotopic (exact) mass is 477 g/mol. The molecular weight excluding hydrogens is 451 g/mol. The van der Waals surface area contributed by atoms with Gasteiger partial charge in [-0.05, 0) is 57.6 Å². The van der Waals surface area contributed by atoms with Crippen LogP contribution in [-0.2, 0) is 11.8 Å². The van der Waals surface area contributed by atoms with Gasteiger partial charge in [-0.15, -0.1) is 0 Å². The van der Waals surface area contributed by atoms with E-state index >= 15 is 0 Å². The van der Waals surface area contributed by atoms with E-state index in [0.29, 0.717) is 28.6 Å². The molecule has 1 fully saturated rings. The van der Waals surface area contributed by atoms with Crippen LogP contribution < -0.4 is 5.32 Å². The first-order valence-electron chi connectivity index (χ1n) is 11.0. The minimum Gasteiger partial charge on any atom is -0.396 e. The summed E-state index contributed by atoms with van der Waals surface area (Å²) in [4.78, 5) is 19.6. The molecule has 1 aliphatic rings. The second-order valence-electron chi connectivity index (χ2n) is 9.22. The maximum Gasteiger partial charge on any atom is 0.434 e. The molecule has 0 aliphatic heterocycles. The van der Waals surface area contributed by atoms with E-state index in [9.17, 15) is 28.2 Å². The number of halogens is 3. The van der Waals surface area contributed by atoms with Gasteiger partial charge in [-0.1, -0.05) is 0 Å². The van der Waals surface area contributed by atoms with Crippen molar-refractivity contribution < 1.29 is 28.2 Å². The SMILES string of the molecule is CC(C)(O)c1cc2nn(C3CCC(CO)CC3)cc2cc1NC(=O)c1cncc(C(F)(F)F)n1. The summed E-state index contributed by atoms with van der Waals surface area (Å²) in [5.74, 6) is -0.568. The number of alkyl halides is 3. The minimum absolute atomic E-state index is 0.180. The smallest absolute Gasteiger partial charge is 0.396 e. The van der Waals surface area contributed by atoms with E-state index in [1.807, 2.05) is 10.9 Å². The van der Waals surface area contributed by atoms with Gasteiger partial charge in [0.05, 0.1) is 29.6 Å². The number of anilines is 1. The van der Waals surface area contributed by atoms with Gasteiger partial charge in [-0.2, -0.15) is 18.3 Å². The molecule has 0 spiro atoms. The highest BCUT2D eigenvalue weighted by Gasteiger charge is 2.34. The number of benzene rings is 1. The van der Waals surface area contributed by atoms with Crippen molar-refractivity contribution in [3.63, 3.8) is 0 Å². The van der Waals surface area contributed by atoms with Crippen LogP contribution in [0.4, 0.5) is 18.9 Å². The Morgan fingerprint density at radius 2 is 1.88 bits per heavy atom. The number of nitrogens with one attached hydrogen (secondary N) is 1. The molecular formula is C23H26F3N5O3. The molecule has 4 rings (SSSR count). The largest absolute Gasteiger partial charge is 0.434 e. The lowest BCUT2D eigenvalue weighted by atomic mass is 9.87. The normalized spacial score (nSPS) is 19.4. The average Bonchev–Trinajstić information content (AvgIpc) is 3.20. The van der Waals surface area contributed by atoms with Crippen molar-refractivity contribution in [3.05, 3.63) is 47.7 Å². The lowest BCUT2D eigenvalue weighted by molar-refractivity contribution is -0.141. The summed E-state index contributed by atoms with van der Waals surface area (Å²) >= 11 is 0. The highest BCUT2D eigenvalue weighted by atomic mass is 19.4. The number of rotatable bonds is 5. The van der Waals surface area contributed by atoms with E-state index in [2.05, 4.69) is 20.4 Å². The third-order valence-electron chi connectivity index (χ3n) is 6.17. The number of aliphatic hydroxyl groups is 2. The summed E-state index contributed by atoms with van der Waals surface area (Å²) < 4.78 is 40.8.